The molecular weight excluding hydrogens is 362 g/mol. The molecule has 0 aliphatic carbocycles. The van der Waals surface area contributed by atoms with Crippen molar-refractivity contribution in [3.05, 3.63) is 71.2 Å². The summed E-state index contributed by atoms with van der Waals surface area (Å²) in [5, 5.41) is 5.69. The lowest BCUT2D eigenvalue weighted by Gasteiger charge is -2.15. The number of ether oxygens (including phenoxy) is 2. The molecule has 27 heavy (non-hydrogen) atoms. The van der Waals surface area contributed by atoms with Crippen molar-refractivity contribution in [1.29, 1.82) is 0 Å². The molecule has 0 saturated carbocycles. The standard InChI is InChI=1S/C22H22ClNO3/c1-15-7-9-19(14-21(15)23)26-12-11-24-22(25)16(2)27-20-10-8-17-5-3-4-6-18(17)13-20/h3-10,13-14,16H,11-12H2,1-2H3,(H,24,25)/t16-/m0/s1. The van der Waals surface area contributed by atoms with Crippen molar-refractivity contribution < 1.29 is 14.3 Å². The summed E-state index contributed by atoms with van der Waals surface area (Å²) in [6.07, 6.45) is -0.597. The second-order valence-electron chi connectivity index (χ2n) is 6.32. The van der Waals surface area contributed by atoms with E-state index in [9.17, 15) is 4.79 Å². The van der Waals surface area contributed by atoms with Gasteiger partial charge in [-0.25, -0.2) is 0 Å². The predicted molar refractivity (Wildman–Crippen MR) is 109 cm³/mol. The fourth-order valence-corrected chi connectivity index (χ4v) is 2.82. The largest absolute Gasteiger partial charge is 0.492 e. The quantitative estimate of drug-likeness (QED) is 0.598. The van der Waals surface area contributed by atoms with Gasteiger partial charge in [0.15, 0.2) is 6.10 Å². The molecule has 0 heterocycles. The van der Waals surface area contributed by atoms with Crippen LogP contribution < -0.4 is 14.8 Å². The van der Waals surface area contributed by atoms with Crippen LogP contribution in [0, 0.1) is 6.92 Å². The van der Waals surface area contributed by atoms with E-state index in [1.54, 1.807) is 13.0 Å². The van der Waals surface area contributed by atoms with Crippen LogP contribution in [-0.4, -0.2) is 25.2 Å². The van der Waals surface area contributed by atoms with E-state index in [1.807, 2.05) is 61.5 Å². The zero-order valence-corrected chi connectivity index (χ0v) is 16.1. The third-order valence-electron chi connectivity index (χ3n) is 4.22. The van der Waals surface area contributed by atoms with Gasteiger partial charge in [-0.15, -0.1) is 0 Å². The topological polar surface area (TPSA) is 47.6 Å². The highest BCUT2D eigenvalue weighted by Gasteiger charge is 2.14. The molecule has 4 nitrogen and oxygen atoms in total. The van der Waals surface area contributed by atoms with E-state index in [2.05, 4.69) is 5.32 Å². The number of carbonyl (C=O) groups is 1. The summed E-state index contributed by atoms with van der Waals surface area (Å²) < 4.78 is 11.4. The molecule has 140 valence electrons. The molecule has 0 unspecified atom stereocenters. The summed E-state index contributed by atoms with van der Waals surface area (Å²) >= 11 is 6.07. The fraction of sp³-hybridized carbons (Fsp3) is 0.227. The van der Waals surface area contributed by atoms with Crippen molar-refractivity contribution >= 4 is 28.3 Å². The average molecular weight is 384 g/mol. The molecule has 1 amide bonds. The summed E-state index contributed by atoms with van der Waals surface area (Å²) in [6, 6.07) is 19.3. The van der Waals surface area contributed by atoms with E-state index >= 15 is 0 Å². The van der Waals surface area contributed by atoms with Crippen molar-refractivity contribution in [3.8, 4) is 11.5 Å². The summed E-state index contributed by atoms with van der Waals surface area (Å²) in [4.78, 5) is 12.2. The van der Waals surface area contributed by atoms with Crippen LogP contribution in [0.4, 0.5) is 0 Å². The Kier molecular flexibility index (Phi) is 6.20. The normalized spacial score (nSPS) is 11.8. The van der Waals surface area contributed by atoms with Gasteiger partial charge in [-0.2, -0.15) is 0 Å². The molecule has 3 aromatic rings. The molecule has 0 aromatic heterocycles. The van der Waals surface area contributed by atoms with E-state index in [0.717, 1.165) is 16.3 Å². The molecule has 0 aliphatic rings. The van der Waals surface area contributed by atoms with Gasteiger partial charge in [0.25, 0.3) is 5.91 Å². The van der Waals surface area contributed by atoms with Crippen LogP contribution in [0.25, 0.3) is 10.8 Å². The Labute approximate surface area is 164 Å². The predicted octanol–water partition coefficient (Wildman–Crippen LogP) is 4.76. The third kappa shape index (κ3) is 5.14. The Bertz CT molecular complexity index is 942. The second-order valence-corrected chi connectivity index (χ2v) is 6.73. The van der Waals surface area contributed by atoms with Crippen molar-refractivity contribution in [2.45, 2.75) is 20.0 Å². The first-order valence-corrected chi connectivity index (χ1v) is 9.23. The molecule has 1 atom stereocenters. The van der Waals surface area contributed by atoms with Gasteiger partial charge in [-0.1, -0.05) is 48.0 Å². The van der Waals surface area contributed by atoms with Gasteiger partial charge >= 0.3 is 0 Å². The summed E-state index contributed by atoms with van der Waals surface area (Å²) in [5.41, 5.74) is 0.997. The Morgan fingerprint density at radius 1 is 1.04 bits per heavy atom. The number of amides is 1. The van der Waals surface area contributed by atoms with Crippen LogP contribution in [0.15, 0.2) is 60.7 Å². The van der Waals surface area contributed by atoms with Crippen molar-refractivity contribution in [2.75, 3.05) is 13.2 Å². The SMILES string of the molecule is Cc1ccc(OCCNC(=O)[C@H](C)Oc2ccc3ccccc3c2)cc1Cl. The van der Waals surface area contributed by atoms with Gasteiger partial charge in [0.2, 0.25) is 0 Å². The van der Waals surface area contributed by atoms with Crippen LogP contribution in [0.1, 0.15) is 12.5 Å². The van der Waals surface area contributed by atoms with Crippen LogP contribution in [0.3, 0.4) is 0 Å². The molecule has 0 saturated heterocycles. The maximum Gasteiger partial charge on any atom is 0.260 e. The zero-order valence-electron chi connectivity index (χ0n) is 15.4. The van der Waals surface area contributed by atoms with Gasteiger partial charge in [0.05, 0.1) is 6.54 Å². The fourth-order valence-electron chi connectivity index (χ4n) is 2.65. The van der Waals surface area contributed by atoms with Gasteiger partial charge in [0, 0.05) is 5.02 Å². The number of hydrogen-bond donors (Lipinski definition) is 1. The molecule has 0 bridgehead atoms. The summed E-state index contributed by atoms with van der Waals surface area (Å²) in [5.74, 6) is 1.16. The molecule has 0 fully saturated rings. The summed E-state index contributed by atoms with van der Waals surface area (Å²) in [7, 11) is 0. The number of fused-ring (bicyclic) bond motifs is 1. The van der Waals surface area contributed by atoms with Gasteiger partial charge in [-0.3, -0.25) is 4.79 Å². The number of carbonyl (C=O) groups excluding carboxylic acids is 1. The first kappa shape index (κ1) is 19.1. The number of hydrogen-bond acceptors (Lipinski definition) is 3. The van der Waals surface area contributed by atoms with Crippen LogP contribution >= 0.6 is 11.6 Å². The van der Waals surface area contributed by atoms with Gasteiger partial charge in [0.1, 0.15) is 18.1 Å². The second kappa shape index (κ2) is 8.78. The Hall–Kier alpha value is -2.72. The lowest BCUT2D eigenvalue weighted by Crippen LogP contribution is -2.38. The highest BCUT2D eigenvalue weighted by molar-refractivity contribution is 6.31. The minimum atomic E-state index is -0.597. The number of nitrogens with one attached hydrogen (secondary N) is 1. The Balaban J connectivity index is 1.46. The van der Waals surface area contributed by atoms with Gasteiger partial charge < -0.3 is 14.8 Å². The average Bonchev–Trinajstić information content (AvgIpc) is 2.67. The molecule has 1 N–H and O–H groups in total. The van der Waals surface area contributed by atoms with Crippen LogP contribution in [0.2, 0.25) is 5.02 Å². The smallest absolute Gasteiger partial charge is 0.260 e. The first-order chi connectivity index (χ1) is 13.0. The molecule has 0 spiro atoms. The van der Waals surface area contributed by atoms with Crippen LogP contribution in [-0.2, 0) is 4.79 Å². The maximum atomic E-state index is 12.2. The van der Waals surface area contributed by atoms with E-state index in [1.165, 1.54) is 0 Å². The summed E-state index contributed by atoms with van der Waals surface area (Å²) in [6.45, 7) is 4.40. The lowest BCUT2D eigenvalue weighted by atomic mass is 10.1. The molecule has 3 rings (SSSR count). The molecule has 0 aliphatic heterocycles. The molecule has 3 aromatic carbocycles. The third-order valence-corrected chi connectivity index (χ3v) is 4.62. The number of aryl methyl sites for hydroxylation is 1. The zero-order chi connectivity index (χ0) is 19.2. The van der Waals surface area contributed by atoms with E-state index in [0.29, 0.717) is 29.7 Å². The Morgan fingerprint density at radius 3 is 2.56 bits per heavy atom. The van der Waals surface area contributed by atoms with Crippen molar-refractivity contribution in [1.82, 2.24) is 5.32 Å². The minimum absolute atomic E-state index is 0.186. The molecular formula is C22H22ClNO3. The first-order valence-electron chi connectivity index (χ1n) is 8.85. The van der Waals surface area contributed by atoms with Crippen LogP contribution in [0.5, 0.6) is 11.5 Å². The highest BCUT2D eigenvalue weighted by Crippen LogP contribution is 2.22. The van der Waals surface area contributed by atoms with Gasteiger partial charge in [-0.05, 0) is 54.4 Å². The van der Waals surface area contributed by atoms with E-state index in [4.69, 9.17) is 21.1 Å². The number of benzene rings is 3. The van der Waals surface area contributed by atoms with Crippen molar-refractivity contribution in [3.63, 3.8) is 0 Å². The molecule has 0 radical (unpaired) electrons. The highest BCUT2D eigenvalue weighted by atomic mass is 35.5. The minimum Gasteiger partial charge on any atom is -0.492 e. The van der Waals surface area contributed by atoms with E-state index < -0.39 is 6.10 Å². The Morgan fingerprint density at radius 2 is 1.78 bits per heavy atom. The maximum absolute atomic E-state index is 12.2. The van der Waals surface area contributed by atoms with Crippen molar-refractivity contribution in [2.24, 2.45) is 0 Å². The monoisotopic (exact) mass is 383 g/mol. The van der Waals surface area contributed by atoms with E-state index in [-0.39, 0.29) is 5.91 Å². The number of rotatable bonds is 7. The number of halogens is 1. The molecule has 5 heteroatoms. The lowest BCUT2D eigenvalue weighted by molar-refractivity contribution is -0.127.